The first kappa shape index (κ1) is 22.7. The van der Waals surface area contributed by atoms with E-state index in [0.717, 1.165) is 32.2 Å². The van der Waals surface area contributed by atoms with Gasteiger partial charge >= 0.3 is 0 Å². The van der Waals surface area contributed by atoms with Crippen LogP contribution in [0.3, 0.4) is 0 Å². The Morgan fingerprint density at radius 3 is 2.69 bits per heavy atom. The van der Waals surface area contributed by atoms with Crippen LogP contribution in [0.1, 0.15) is 16.8 Å². The summed E-state index contributed by atoms with van der Waals surface area (Å²) in [6.45, 7) is 3.80. The number of pyridine rings is 2. The van der Waals surface area contributed by atoms with E-state index in [9.17, 15) is 9.18 Å². The Bertz CT molecular complexity index is 1540. The second-order valence-corrected chi connectivity index (χ2v) is 9.31. The summed E-state index contributed by atoms with van der Waals surface area (Å²) in [4.78, 5) is 26.5. The molecule has 9 heteroatoms. The highest BCUT2D eigenvalue weighted by atomic mass is 32.1. The highest BCUT2D eigenvalue weighted by Gasteiger charge is 2.15. The van der Waals surface area contributed by atoms with E-state index in [1.807, 2.05) is 43.8 Å². The van der Waals surface area contributed by atoms with Crippen molar-refractivity contribution in [2.75, 3.05) is 5.32 Å². The molecule has 0 saturated heterocycles. The minimum absolute atomic E-state index is 0.0172. The fourth-order valence-corrected chi connectivity index (χ4v) is 4.95. The topological polar surface area (TPSA) is 81.9 Å². The van der Waals surface area contributed by atoms with Gasteiger partial charge in [-0.15, -0.1) is 11.3 Å². The molecule has 0 fully saturated rings. The van der Waals surface area contributed by atoms with Crippen LogP contribution in [-0.4, -0.2) is 25.4 Å². The number of benzene rings is 1. The Balaban J connectivity index is 1.33. The van der Waals surface area contributed by atoms with Gasteiger partial charge in [0.2, 0.25) is 5.91 Å². The molecule has 7 nitrogen and oxygen atoms in total. The van der Waals surface area contributed by atoms with Crippen molar-refractivity contribution < 1.29 is 13.9 Å². The zero-order chi connectivity index (χ0) is 24.5. The van der Waals surface area contributed by atoms with Crippen LogP contribution in [0, 0.1) is 19.7 Å². The molecule has 35 heavy (non-hydrogen) atoms. The lowest BCUT2D eigenvalue weighted by atomic mass is 10.1. The largest absolute Gasteiger partial charge is 0.453 e. The molecular weight excluding hydrogens is 465 g/mol. The van der Waals surface area contributed by atoms with Crippen molar-refractivity contribution in [3.8, 4) is 22.2 Å². The minimum Gasteiger partial charge on any atom is -0.453 e. The Kier molecular flexibility index (Phi) is 6.00. The molecule has 1 N–H and O–H groups in total. The third kappa shape index (κ3) is 4.90. The van der Waals surface area contributed by atoms with Gasteiger partial charge in [0.1, 0.15) is 17.4 Å². The highest BCUT2D eigenvalue weighted by molar-refractivity contribution is 7.22. The van der Waals surface area contributed by atoms with Crippen LogP contribution in [0.4, 0.5) is 10.2 Å². The van der Waals surface area contributed by atoms with Crippen molar-refractivity contribution in [1.29, 1.82) is 0 Å². The first-order chi connectivity index (χ1) is 16.9. The first-order valence-corrected chi connectivity index (χ1v) is 11.7. The molecule has 5 aromatic rings. The van der Waals surface area contributed by atoms with Crippen molar-refractivity contribution in [2.24, 2.45) is 7.05 Å². The zero-order valence-corrected chi connectivity index (χ0v) is 20.2. The van der Waals surface area contributed by atoms with E-state index in [1.54, 1.807) is 30.6 Å². The van der Waals surface area contributed by atoms with Gasteiger partial charge in [0.05, 0.1) is 21.5 Å². The smallest absolute Gasteiger partial charge is 0.229 e. The maximum Gasteiger partial charge on any atom is 0.229 e. The number of carbonyl (C=O) groups is 1. The van der Waals surface area contributed by atoms with Crippen molar-refractivity contribution >= 4 is 33.3 Å². The summed E-state index contributed by atoms with van der Waals surface area (Å²) in [6.07, 6.45) is 5.26. The lowest BCUT2D eigenvalue weighted by Gasteiger charge is -2.10. The van der Waals surface area contributed by atoms with E-state index in [2.05, 4.69) is 20.3 Å². The maximum absolute atomic E-state index is 14.9. The molecule has 4 heterocycles. The Morgan fingerprint density at radius 2 is 1.94 bits per heavy atom. The van der Waals surface area contributed by atoms with Crippen LogP contribution in [0.25, 0.3) is 20.9 Å². The highest BCUT2D eigenvalue weighted by Crippen LogP contribution is 2.39. The van der Waals surface area contributed by atoms with E-state index in [1.165, 1.54) is 23.5 Å². The normalized spacial score (nSPS) is 11.1. The van der Waals surface area contributed by atoms with Crippen LogP contribution in [0.2, 0.25) is 0 Å². The summed E-state index contributed by atoms with van der Waals surface area (Å²) in [6, 6.07) is 11.9. The molecule has 0 saturated carbocycles. The number of nitrogens with one attached hydrogen (secondary N) is 1. The summed E-state index contributed by atoms with van der Waals surface area (Å²) in [7, 11) is 1.92. The Morgan fingerprint density at radius 1 is 1.09 bits per heavy atom. The molecule has 0 aliphatic carbocycles. The number of nitrogens with zero attached hydrogens (tertiary/aromatic N) is 4. The average Bonchev–Trinajstić information content (AvgIpc) is 3.41. The van der Waals surface area contributed by atoms with Gasteiger partial charge in [-0.25, -0.2) is 14.4 Å². The molecule has 0 spiro atoms. The quantitative estimate of drug-likeness (QED) is 0.326. The number of hydrogen-bond donors (Lipinski definition) is 1. The fourth-order valence-electron chi connectivity index (χ4n) is 3.84. The number of aryl methyl sites for hydroxylation is 3. The van der Waals surface area contributed by atoms with Crippen LogP contribution < -0.4 is 10.1 Å². The summed E-state index contributed by atoms with van der Waals surface area (Å²) in [5.41, 5.74) is 3.10. The number of fused-ring (bicyclic) bond motifs is 1. The predicted octanol–water partition coefficient (Wildman–Crippen LogP) is 5.82. The van der Waals surface area contributed by atoms with Gasteiger partial charge < -0.3 is 14.6 Å². The van der Waals surface area contributed by atoms with Gasteiger partial charge in [-0.1, -0.05) is 6.07 Å². The summed E-state index contributed by atoms with van der Waals surface area (Å²) in [5, 5.41) is 2.77. The molecule has 1 aromatic carbocycles. The van der Waals surface area contributed by atoms with Crippen LogP contribution >= 0.6 is 11.3 Å². The Labute approximate surface area is 205 Å². The monoisotopic (exact) mass is 487 g/mol. The number of carbonyl (C=O) groups excluding carboxylic acids is 1. The number of thiophene rings is 1. The van der Waals surface area contributed by atoms with Crippen molar-refractivity contribution in [3.05, 3.63) is 83.7 Å². The van der Waals surface area contributed by atoms with Gasteiger partial charge in [-0.3, -0.25) is 9.78 Å². The SMILES string of the molecule is Cc1cc(C)nc(NC(=O)Cc2ccc(Oc3ccnc4cc(-c5nccn5C)sc34)c(F)c2)c1. The van der Waals surface area contributed by atoms with Crippen molar-refractivity contribution in [3.63, 3.8) is 0 Å². The van der Waals surface area contributed by atoms with Crippen LogP contribution in [0.5, 0.6) is 11.5 Å². The van der Waals surface area contributed by atoms with E-state index < -0.39 is 5.82 Å². The fraction of sp³-hybridized carbons (Fsp3) is 0.154. The number of rotatable bonds is 6. The molecule has 0 unspecified atom stereocenters. The number of imidazole rings is 1. The lowest BCUT2D eigenvalue weighted by Crippen LogP contribution is -2.15. The second-order valence-electron chi connectivity index (χ2n) is 8.26. The number of halogens is 1. The molecule has 0 aliphatic heterocycles. The average molecular weight is 488 g/mol. The maximum atomic E-state index is 14.9. The second kappa shape index (κ2) is 9.27. The van der Waals surface area contributed by atoms with Gasteiger partial charge in [0.25, 0.3) is 0 Å². The molecule has 0 radical (unpaired) electrons. The summed E-state index contributed by atoms with van der Waals surface area (Å²) in [5.74, 6) is 1.06. The Hall–Kier alpha value is -4.11. The van der Waals surface area contributed by atoms with Gasteiger partial charge in [0.15, 0.2) is 11.6 Å². The number of hydrogen-bond acceptors (Lipinski definition) is 6. The zero-order valence-electron chi connectivity index (χ0n) is 19.4. The van der Waals surface area contributed by atoms with E-state index in [-0.39, 0.29) is 18.1 Å². The van der Waals surface area contributed by atoms with Gasteiger partial charge in [0, 0.05) is 37.4 Å². The number of aromatic nitrogens is 4. The minimum atomic E-state index is -0.550. The molecule has 176 valence electrons. The molecular formula is C26H22FN5O2S. The number of amides is 1. The molecule has 0 atom stereocenters. The van der Waals surface area contributed by atoms with E-state index >= 15 is 0 Å². The number of ether oxygens (including phenoxy) is 1. The summed E-state index contributed by atoms with van der Waals surface area (Å²) < 4.78 is 23.6. The third-order valence-electron chi connectivity index (χ3n) is 5.36. The molecule has 4 aromatic heterocycles. The third-order valence-corrected chi connectivity index (χ3v) is 6.50. The van der Waals surface area contributed by atoms with E-state index in [4.69, 9.17) is 4.74 Å². The standard InChI is InChI=1S/C26H22FN5O2S/c1-15-10-16(2)30-23(11-15)31-24(33)13-17-4-5-20(18(27)12-17)34-21-6-7-28-19-14-22(35-25(19)21)26-29-8-9-32(26)3/h4-12,14H,13H2,1-3H3,(H,30,31,33). The molecule has 0 bridgehead atoms. The molecule has 5 rings (SSSR count). The van der Waals surface area contributed by atoms with E-state index in [0.29, 0.717) is 17.1 Å². The summed E-state index contributed by atoms with van der Waals surface area (Å²) >= 11 is 1.48. The van der Waals surface area contributed by atoms with Gasteiger partial charge in [-0.2, -0.15) is 0 Å². The predicted molar refractivity (Wildman–Crippen MR) is 134 cm³/mol. The van der Waals surface area contributed by atoms with Crippen molar-refractivity contribution in [1.82, 2.24) is 19.5 Å². The van der Waals surface area contributed by atoms with Crippen LogP contribution in [0.15, 0.2) is 61.1 Å². The molecule has 1 amide bonds. The van der Waals surface area contributed by atoms with Gasteiger partial charge in [-0.05, 0) is 55.3 Å². The lowest BCUT2D eigenvalue weighted by molar-refractivity contribution is -0.115. The number of anilines is 1. The molecule has 0 aliphatic rings. The van der Waals surface area contributed by atoms with Crippen LogP contribution in [-0.2, 0) is 18.3 Å². The van der Waals surface area contributed by atoms with Crippen molar-refractivity contribution in [2.45, 2.75) is 20.3 Å². The first-order valence-electron chi connectivity index (χ1n) is 10.9.